The van der Waals surface area contributed by atoms with Gasteiger partial charge in [0.05, 0.1) is 25.6 Å². The van der Waals surface area contributed by atoms with Crippen LogP contribution in [0.2, 0.25) is 10.0 Å². The van der Waals surface area contributed by atoms with Gasteiger partial charge in [-0.05, 0) is 41.0 Å². The molecule has 0 radical (unpaired) electrons. The van der Waals surface area contributed by atoms with Crippen molar-refractivity contribution < 1.29 is 18.1 Å². The molecule has 3 aromatic rings. The van der Waals surface area contributed by atoms with Crippen LogP contribution in [0.3, 0.4) is 0 Å². The Labute approximate surface area is 189 Å². The second-order valence-electron chi connectivity index (χ2n) is 6.97. The largest absolute Gasteiger partial charge is 0.299 e. The average molecular weight is 478 g/mol. The maximum absolute atomic E-state index is 12.7. The van der Waals surface area contributed by atoms with Crippen molar-refractivity contribution in [3.63, 3.8) is 0 Å². The highest BCUT2D eigenvalue weighted by molar-refractivity contribution is 7.90. The van der Waals surface area contributed by atoms with E-state index in [2.05, 4.69) is 0 Å². The van der Waals surface area contributed by atoms with Crippen LogP contribution in [0.5, 0.6) is 0 Å². The van der Waals surface area contributed by atoms with Crippen LogP contribution in [-0.4, -0.2) is 19.1 Å². The van der Waals surface area contributed by atoms with Gasteiger partial charge in [0.1, 0.15) is 5.78 Å². The molecule has 0 aliphatic carbocycles. The van der Waals surface area contributed by atoms with Gasteiger partial charge in [0.2, 0.25) is 0 Å². The number of hydrogen-bond donors (Lipinski definition) is 0. The van der Waals surface area contributed by atoms with E-state index in [4.69, 9.17) is 23.2 Å². The molecule has 0 unspecified atom stereocenters. The highest BCUT2D eigenvalue weighted by Crippen LogP contribution is 2.25. The van der Waals surface area contributed by atoms with Crippen molar-refractivity contribution in [1.29, 1.82) is 0 Å². The van der Waals surface area contributed by atoms with Gasteiger partial charge < -0.3 is 0 Å². The van der Waals surface area contributed by atoms with E-state index in [9.17, 15) is 23.3 Å². The van der Waals surface area contributed by atoms with Crippen molar-refractivity contribution >= 4 is 44.5 Å². The number of benzene rings is 3. The molecule has 9 heteroatoms. The molecule has 0 heterocycles. The summed E-state index contributed by atoms with van der Waals surface area (Å²) in [6.45, 7) is 0. The summed E-state index contributed by atoms with van der Waals surface area (Å²) in [5.41, 5.74) is 1.85. The third-order valence-electron chi connectivity index (χ3n) is 4.57. The molecule has 0 saturated carbocycles. The molecule has 160 valence electrons. The minimum absolute atomic E-state index is 0.0335. The van der Waals surface area contributed by atoms with Crippen LogP contribution in [0.25, 0.3) is 0 Å². The van der Waals surface area contributed by atoms with Crippen molar-refractivity contribution in [2.75, 3.05) is 0 Å². The molecule has 0 spiro atoms. The maximum atomic E-state index is 12.7. The Morgan fingerprint density at radius 3 is 1.84 bits per heavy atom. The van der Waals surface area contributed by atoms with Gasteiger partial charge in [-0.25, -0.2) is 8.42 Å². The number of nitro groups is 1. The molecule has 0 aliphatic rings. The molecule has 0 aromatic heterocycles. The summed E-state index contributed by atoms with van der Waals surface area (Å²) in [4.78, 5) is 22.6. The predicted octanol–water partition coefficient (Wildman–Crippen LogP) is 5.23. The lowest BCUT2D eigenvalue weighted by Gasteiger charge is -2.07. The van der Waals surface area contributed by atoms with Gasteiger partial charge in [0, 0.05) is 25.0 Å². The number of halogens is 2. The van der Waals surface area contributed by atoms with Crippen LogP contribution in [0.15, 0.2) is 71.6 Å². The normalized spacial score (nSPS) is 11.3. The number of hydrogen-bond acceptors (Lipinski definition) is 5. The molecule has 0 amide bonds. The number of Topliss-reactive ketones (excluding diaryl/α,β-unsaturated/α-hetero) is 1. The van der Waals surface area contributed by atoms with Gasteiger partial charge >= 0.3 is 0 Å². The fraction of sp³-hybridized carbons (Fsp3) is 0.136. The second-order valence-corrected chi connectivity index (χ2v) is 9.77. The highest BCUT2D eigenvalue weighted by Gasteiger charge is 2.16. The third kappa shape index (κ3) is 6.13. The zero-order valence-corrected chi connectivity index (χ0v) is 18.5. The van der Waals surface area contributed by atoms with Gasteiger partial charge in [-0.2, -0.15) is 0 Å². The second kappa shape index (κ2) is 9.60. The molecular weight excluding hydrogens is 461 g/mol. The van der Waals surface area contributed by atoms with Gasteiger partial charge in [0.15, 0.2) is 9.84 Å². The smallest absolute Gasteiger partial charge is 0.269 e. The van der Waals surface area contributed by atoms with Crippen LogP contribution in [-0.2, 0) is 33.2 Å². The molecular formula is C22H17Cl2NO5S. The zero-order valence-electron chi connectivity index (χ0n) is 16.1. The molecule has 3 aromatic carbocycles. The first-order chi connectivity index (χ1) is 14.6. The monoisotopic (exact) mass is 477 g/mol. The van der Waals surface area contributed by atoms with Crippen molar-refractivity contribution in [2.24, 2.45) is 0 Å². The molecule has 0 fully saturated rings. The van der Waals surface area contributed by atoms with Crippen molar-refractivity contribution in [2.45, 2.75) is 23.5 Å². The summed E-state index contributed by atoms with van der Waals surface area (Å²) in [6.07, 6.45) is 0.263. The lowest BCUT2D eigenvalue weighted by Crippen LogP contribution is -2.08. The van der Waals surface area contributed by atoms with Gasteiger partial charge in [0.25, 0.3) is 5.69 Å². The van der Waals surface area contributed by atoms with Crippen LogP contribution >= 0.6 is 23.2 Å². The molecule has 0 saturated heterocycles. The van der Waals surface area contributed by atoms with E-state index in [0.717, 1.165) is 0 Å². The topological polar surface area (TPSA) is 94.3 Å². The summed E-state index contributed by atoms with van der Waals surface area (Å²) in [5, 5.41) is 11.3. The molecule has 3 rings (SSSR count). The molecule has 0 aliphatic heterocycles. The average Bonchev–Trinajstić information content (AvgIpc) is 2.71. The number of non-ortho nitro benzene ring substituents is 1. The molecule has 31 heavy (non-hydrogen) atoms. The first kappa shape index (κ1) is 22.9. The Bertz CT molecular complexity index is 1220. The van der Waals surface area contributed by atoms with Crippen LogP contribution in [0, 0.1) is 10.1 Å². The van der Waals surface area contributed by atoms with E-state index in [0.29, 0.717) is 21.7 Å². The molecule has 0 N–H and O–H groups in total. The maximum Gasteiger partial charge on any atom is 0.269 e. The van der Waals surface area contributed by atoms with Crippen molar-refractivity contribution in [3.8, 4) is 0 Å². The summed E-state index contributed by atoms with van der Waals surface area (Å²) >= 11 is 11.8. The molecule has 0 bridgehead atoms. The standard InChI is InChI=1S/C22H17Cl2NO5S/c23-21-10-5-17(13-22(21)24)14-31(29,30)20-8-3-16(4-9-20)12-19(26)11-15-1-6-18(7-2-15)25(27)28/h1-10,13H,11-12,14H2. The van der Waals surface area contributed by atoms with E-state index in [-0.39, 0.29) is 40.0 Å². The Balaban J connectivity index is 1.64. The number of carbonyl (C=O) groups is 1. The Hall–Kier alpha value is -2.74. The zero-order chi connectivity index (χ0) is 22.6. The summed E-state index contributed by atoms with van der Waals surface area (Å²) in [7, 11) is -3.59. The minimum atomic E-state index is -3.59. The lowest BCUT2D eigenvalue weighted by atomic mass is 10.0. The first-order valence-corrected chi connectivity index (χ1v) is 11.6. The SMILES string of the molecule is O=C(Cc1ccc([N+](=O)[O-])cc1)Cc1ccc(S(=O)(=O)Cc2ccc(Cl)c(Cl)c2)cc1. The van der Waals surface area contributed by atoms with E-state index < -0.39 is 14.8 Å². The molecule has 6 nitrogen and oxygen atoms in total. The Morgan fingerprint density at radius 2 is 1.32 bits per heavy atom. The minimum Gasteiger partial charge on any atom is -0.299 e. The third-order valence-corrected chi connectivity index (χ3v) is 7.02. The van der Waals surface area contributed by atoms with E-state index in [1.54, 1.807) is 36.4 Å². The van der Waals surface area contributed by atoms with Gasteiger partial charge in [-0.3, -0.25) is 14.9 Å². The van der Waals surface area contributed by atoms with Crippen LogP contribution in [0.1, 0.15) is 16.7 Å². The van der Waals surface area contributed by atoms with Gasteiger partial charge in [-0.15, -0.1) is 0 Å². The molecule has 0 atom stereocenters. The van der Waals surface area contributed by atoms with Gasteiger partial charge in [-0.1, -0.05) is 53.5 Å². The predicted molar refractivity (Wildman–Crippen MR) is 119 cm³/mol. The fourth-order valence-electron chi connectivity index (χ4n) is 3.00. The summed E-state index contributed by atoms with van der Waals surface area (Å²) < 4.78 is 25.3. The number of nitrogens with zero attached hydrogens (tertiary/aromatic N) is 1. The van der Waals surface area contributed by atoms with E-state index in [1.807, 2.05) is 0 Å². The van der Waals surface area contributed by atoms with Crippen LogP contribution in [0.4, 0.5) is 5.69 Å². The van der Waals surface area contributed by atoms with Crippen molar-refractivity contribution in [1.82, 2.24) is 0 Å². The van der Waals surface area contributed by atoms with E-state index in [1.165, 1.54) is 30.3 Å². The summed E-state index contributed by atoms with van der Waals surface area (Å²) in [5.74, 6) is -0.303. The number of ketones is 1. The number of carbonyl (C=O) groups excluding carboxylic acids is 1. The number of sulfone groups is 1. The lowest BCUT2D eigenvalue weighted by molar-refractivity contribution is -0.384. The Morgan fingerprint density at radius 1 is 0.806 bits per heavy atom. The summed E-state index contributed by atoms with van der Waals surface area (Å²) in [6, 6.07) is 16.7. The van der Waals surface area contributed by atoms with E-state index >= 15 is 0 Å². The number of rotatable bonds is 8. The van der Waals surface area contributed by atoms with Crippen molar-refractivity contribution in [3.05, 3.63) is 104 Å². The highest BCUT2D eigenvalue weighted by atomic mass is 35.5. The first-order valence-electron chi connectivity index (χ1n) is 9.15. The van der Waals surface area contributed by atoms with Crippen LogP contribution < -0.4 is 0 Å². The Kier molecular flexibility index (Phi) is 7.10. The quantitative estimate of drug-likeness (QED) is 0.327. The fourth-order valence-corrected chi connectivity index (χ4v) is 4.66. The number of nitro benzene ring substituents is 1.